The molecule has 2 aromatic carbocycles. The van der Waals surface area contributed by atoms with Crippen molar-refractivity contribution >= 4 is 22.5 Å². The smallest absolute Gasteiger partial charge is 0.276 e. The number of carbonyl (C=O) groups excluding carboxylic acids is 1. The fourth-order valence-electron chi connectivity index (χ4n) is 2.34. The molecule has 1 aliphatic rings. The Morgan fingerprint density at radius 3 is 2.68 bits per heavy atom. The van der Waals surface area contributed by atoms with Crippen LogP contribution >= 0.6 is 0 Å². The quantitative estimate of drug-likeness (QED) is 0.641. The highest BCUT2D eigenvalue weighted by molar-refractivity contribution is 6.11. The number of hydrogen-bond donors (Lipinski definition) is 2. The van der Waals surface area contributed by atoms with E-state index < -0.39 is 0 Å². The molecule has 0 unspecified atom stereocenters. The van der Waals surface area contributed by atoms with E-state index in [0.29, 0.717) is 22.9 Å². The van der Waals surface area contributed by atoms with Gasteiger partial charge in [0.25, 0.3) is 5.91 Å². The van der Waals surface area contributed by atoms with Gasteiger partial charge in [-0.1, -0.05) is 24.3 Å². The minimum absolute atomic E-state index is 0.184. The van der Waals surface area contributed by atoms with Crippen molar-refractivity contribution in [1.29, 1.82) is 0 Å². The molecule has 0 saturated heterocycles. The molecule has 2 N–H and O–H groups in total. The van der Waals surface area contributed by atoms with E-state index in [2.05, 4.69) is 10.3 Å². The Labute approximate surface area is 109 Å². The topological polar surface area (TPSA) is 54.1 Å². The number of amides is 1. The molecule has 4 nitrogen and oxygen atoms in total. The zero-order valence-corrected chi connectivity index (χ0v) is 9.94. The first-order valence-corrected chi connectivity index (χ1v) is 6.02. The van der Waals surface area contributed by atoms with Crippen LogP contribution in [0.2, 0.25) is 0 Å². The van der Waals surface area contributed by atoms with Gasteiger partial charge in [0, 0.05) is 10.9 Å². The summed E-state index contributed by atoms with van der Waals surface area (Å²) in [5, 5.41) is 3.75. The van der Waals surface area contributed by atoms with Crippen LogP contribution < -0.4 is 10.1 Å². The van der Waals surface area contributed by atoms with Crippen molar-refractivity contribution in [1.82, 2.24) is 4.98 Å². The van der Waals surface area contributed by atoms with Crippen LogP contribution in [0.25, 0.3) is 10.9 Å². The van der Waals surface area contributed by atoms with Crippen molar-refractivity contribution < 1.29 is 9.53 Å². The van der Waals surface area contributed by atoms with E-state index in [4.69, 9.17) is 4.74 Å². The highest BCUT2D eigenvalue weighted by atomic mass is 16.5. The summed E-state index contributed by atoms with van der Waals surface area (Å²) in [4.78, 5) is 15.3. The number of rotatable bonds is 0. The number of para-hydroxylation sites is 3. The van der Waals surface area contributed by atoms with E-state index in [1.165, 1.54) is 0 Å². The second kappa shape index (κ2) is 3.62. The number of H-pyrrole nitrogens is 1. The molecule has 2 heterocycles. The first kappa shape index (κ1) is 10.2. The Hall–Kier alpha value is -2.75. The molecular formula is C15H10N2O2. The molecule has 0 aliphatic carbocycles. The first-order valence-electron chi connectivity index (χ1n) is 6.02. The van der Waals surface area contributed by atoms with Crippen molar-refractivity contribution in [3.63, 3.8) is 0 Å². The first-order chi connectivity index (χ1) is 9.33. The molecule has 4 rings (SSSR count). The lowest BCUT2D eigenvalue weighted by Crippen LogP contribution is -2.10. The van der Waals surface area contributed by atoms with Gasteiger partial charge in [0.1, 0.15) is 5.69 Å². The predicted molar refractivity (Wildman–Crippen MR) is 72.8 cm³/mol. The van der Waals surface area contributed by atoms with Gasteiger partial charge in [-0.3, -0.25) is 4.79 Å². The van der Waals surface area contributed by atoms with Crippen LogP contribution in [-0.2, 0) is 0 Å². The summed E-state index contributed by atoms with van der Waals surface area (Å²) in [5.74, 6) is 1.05. The summed E-state index contributed by atoms with van der Waals surface area (Å²) < 4.78 is 5.91. The lowest BCUT2D eigenvalue weighted by molar-refractivity contribution is 0.102. The minimum atomic E-state index is -0.184. The number of anilines is 1. The van der Waals surface area contributed by atoms with Gasteiger partial charge >= 0.3 is 0 Å². The van der Waals surface area contributed by atoms with Gasteiger partial charge in [-0.25, -0.2) is 0 Å². The Morgan fingerprint density at radius 2 is 1.74 bits per heavy atom. The minimum Gasteiger partial charge on any atom is -0.452 e. The Bertz CT molecular complexity index is 805. The molecule has 0 spiro atoms. The van der Waals surface area contributed by atoms with Gasteiger partial charge in [0.05, 0.1) is 5.69 Å². The van der Waals surface area contributed by atoms with Crippen LogP contribution in [0, 0.1) is 0 Å². The largest absolute Gasteiger partial charge is 0.452 e. The van der Waals surface area contributed by atoms with Crippen molar-refractivity contribution in [2.45, 2.75) is 0 Å². The van der Waals surface area contributed by atoms with Crippen LogP contribution in [0.4, 0.5) is 5.69 Å². The van der Waals surface area contributed by atoms with Crippen LogP contribution in [0.5, 0.6) is 11.5 Å². The van der Waals surface area contributed by atoms with Crippen molar-refractivity contribution in [3.05, 3.63) is 54.2 Å². The number of benzene rings is 2. The highest BCUT2D eigenvalue weighted by Gasteiger charge is 2.24. The number of aromatic nitrogens is 1. The monoisotopic (exact) mass is 250 g/mol. The molecule has 1 aromatic heterocycles. The van der Waals surface area contributed by atoms with E-state index in [-0.39, 0.29) is 5.91 Å². The molecule has 19 heavy (non-hydrogen) atoms. The number of aromatic amines is 1. The third-order valence-corrected chi connectivity index (χ3v) is 3.23. The van der Waals surface area contributed by atoms with Crippen molar-refractivity contribution in [2.24, 2.45) is 0 Å². The lowest BCUT2D eigenvalue weighted by atomic mass is 10.2. The Kier molecular flexibility index (Phi) is 1.94. The summed E-state index contributed by atoms with van der Waals surface area (Å²) in [7, 11) is 0. The maximum atomic E-state index is 12.2. The van der Waals surface area contributed by atoms with Crippen LogP contribution in [0.15, 0.2) is 48.5 Å². The summed E-state index contributed by atoms with van der Waals surface area (Å²) in [5.41, 5.74) is 2.03. The summed E-state index contributed by atoms with van der Waals surface area (Å²) in [6.45, 7) is 0. The highest BCUT2D eigenvalue weighted by Crippen LogP contribution is 2.39. The molecule has 4 heteroatoms. The fourth-order valence-corrected chi connectivity index (χ4v) is 2.34. The maximum Gasteiger partial charge on any atom is 0.276 e. The summed E-state index contributed by atoms with van der Waals surface area (Å²) in [6, 6.07) is 15.1. The normalized spacial score (nSPS) is 13.2. The van der Waals surface area contributed by atoms with E-state index in [9.17, 15) is 4.79 Å². The van der Waals surface area contributed by atoms with E-state index in [1.54, 1.807) is 0 Å². The Morgan fingerprint density at radius 1 is 0.947 bits per heavy atom. The maximum absolute atomic E-state index is 12.2. The number of fused-ring (bicyclic) bond motifs is 4. The summed E-state index contributed by atoms with van der Waals surface area (Å²) >= 11 is 0. The second-order valence-electron chi connectivity index (χ2n) is 4.43. The van der Waals surface area contributed by atoms with Crippen molar-refractivity contribution in [2.75, 3.05) is 5.32 Å². The van der Waals surface area contributed by atoms with E-state index in [1.807, 2.05) is 48.5 Å². The molecule has 3 aromatic rings. The average Bonchev–Trinajstić information content (AvgIpc) is 2.73. The second-order valence-corrected chi connectivity index (χ2v) is 4.43. The van der Waals surface area contributed by atoms with Gasteiger partial charge in [-0.05, 0) is 24.3 Å². The SMILES string of the molecule is O=C1Nc2ccccc2Oc2c1[nH]c1ccccc21. The number of hydrogen-bond acceptors (Lipinski definition) is 2. The van der Waals surface area contributed by atoms with Gasteiger partial charge in [-0.15, -0.1) is 0 Å². The van der Waals surface area contributed by atoms with Crippen LogP contribution in [0.3, 0.4) is 0 Å². The molecule has 1 amide bonds. The van der Waals surface area contributed by atoms with Gasteiger partial charge in [0.15, 0.2) is 11.5 Å². The number of carbonyl (C=O) groups is 1. The fraction of sp³-hybridized carbons (Fsp3) is 0. The number of nitrogens with one attached hydrogen (secondary N) is 2. The molecule has 0 bridgehead atoms. The van der Waals surface area contributed by atoms with Gasteiger partial charge < -0.3 is 15.0 Å². The summed E-state index contributed by atoms with van der Waals surface area (Å²) in [6.07, 6.45) is 0. The lowest BCUT2D eigenvalue weighted by Gasteiger charge is -2.06. The van der Waals surface area contributed by atoms with E-state index >= 15 is 0 Å². The van der Waals surface area contributed by atoms with Crippen LogP contribution in [-0.4, -0.2) is 10.9 Å². The molecule has 92 valence electrons. The van der Waals surface area contributed by atoms with Gasteiger partial charge in [-0.2, -0.15) is 0 Å². The zero-order chi connectivity index (χ0) is 12.8. The van der Waals surface area contributed by atoms with E-state index in [0.717, 1.165) is 10.9 Å². The predicted octanol–water partition coefficient (Wildman–Crippen LogP) is 3.53. The van der Waals surface area contributed by atoms with Crippen molar-refractivity contribution in [3.8, 4) is 11.5 Å². The zero-order valence-electron chi connectivity index (χ0n) is 9.94. The third-order valence-electron chi connectivity index (χ3n) is 3.23. The number of ether oxygens (including phenoxy) is 1. The molecule has 1 aliphatic heterocycles. The molecule has 0 saturated carbocycles. The molecule has 0 radical (unpaired) electrons. The molecular weight excluding hydrogens is 240 g/mol. The molecule has 0 fully saturated rings. The Balaban J connectivity index is 2.01. The average molecular weight is 250 g/mol. The van der Waals surface area contributed by atoms with Crippen LogP contribution in [0.1, 0.15) is 10.5 Å². The third kappa shape index (κ3) is 1.43. The molecule has 0 atom stereocenters. The van der Waals surface area contributed by atoms with Gasteiger partial charge in [0.2, 0.25) is 0 Å². The standard InChI is InChI=1S/C15H10N2O2/c18-15-13-14(9-5-1-2-6-10(9)16-13)19-12-8-4-3-7-11(12)17-15/h1-8,16H,(H,17,18).